The lowest BCUT2D eigenvalue weighted by molar-refractivity contribution is -0.140. The van der Waals surface area contributed by atoms with E-state index in [0.29, 0.717) is 5.92 Å². The van der Waals surface area contributed by atoms with E-state index < -0.39 is 5.54 Å². The second-order valence-electron chi connectivity index (χ2n) is 7.30. The van der Waals surface area contributed by atoms with Crippen molar-refractivity contribution in [3.63, 3.8) is 0 Å². The minimum Gasteiger partial charge on any atom is -0.326 e. The normalized spacial score (nSPS) is 25.1. The first-order valence-corrected chi connectivity index (χ1v) is 8.83. The van der Waals surface area contributed by atoms with Gasteiger partial charge in [-0.2, -0.15) is 5.26 Å². The number of carbonyl (C=O) groups excluding carboxylic acids is 1. The summed E-state index contributed by atoms with van der Waals surface area (Å²) in [4.78, 5) is 16.7. The molecule has 4 nitrogen and oxygen atoms in total. The van der Waals surface area contributed by atoms with E-state index in [9.17, 15) is 10.1 Å². The zero-order valence-electron chi connectivity index (χ0n) is 15.3. The molecule has 0 bridgehead atoms. The molecule has 24 heavy (non-hydrogen) atoms. The summed E-state index contributed by atoms with van der Waals surface area (Å²) in [5, 5.41) is 9.75. The first-order valence-electron chi connectivity index (χ1n) is 8.83. The summed E-state index contributed by atoms with van der Waals surface area (Å²) >= 11 is 0. The van der Waals surface area contributed by atoms with Crippen molar-refractivity contribution < 1.29 is 4.79 Å². The third kappa shape index (κ3) is 3.96. The van der Waals surface area contributed by atoms with Gasteiger partial charge in [-0.1, -0.05) is 37.3 Å². The number of carbonyl (C=O) groups is 1. The van der Waals surface area contributed by atoms with Crippen molar-refractivity contribution >= 4 is 5.91 Å². The third-order valence-corrected chi connectivity index (χ3v) is 5.58. The minimum absolute atomic E-state index is 0.0320. The van der Waals surface area contributed by atoms with Crippen LogP contribution in [0.2, 0.25) is 0 Å². The Kier molecular flexibility index (Phi) is 6.01. The first kappa shape index (κ1) is 18.5. The number of rotatable bonds is 5. The molecule has 2 rings (SSSR count). The summed E-state index contributed by atoms with van der Waals surface area (Å²) < 4.78 is 0. The monoisotopic (exact) mass is 327 g/mol. The van der Waals surface area contributed by atoms with E-state index in [1.165, 1.54) is 5.56 Å². The Morgan fingerprint density at radius 2 is 1.88 bits per heavy atom. The summed E-state index contributed by atoms with van der Waals surface area (Å²) in [6.07, 6.45) is 3.59. The van der Waals surface area contributed by atoms with E-state index in [1.54, 1.807) is 11.9 Å². The Morgan fingerprint density at radius 3 is 2.42 bits per heavy atom. The van der Waals surface area contributed by atoms with Gasteiger partial charge in [0.15, 0.2) is 0 Å². The number of benzene rings is 1. The Morgan fingerprint density at radius 1 is 1.29 bits per heavy atom. The smallest absolute Gasteiger partial charge is 0.240 e. The molecule has 1 aromatic carbocycles. The lowest BCUT2D eigenvalue weighted by Gasteiger charge is -2.42. The maximum Gasteiger partial charge on any atom is 0.240 e. The molecular weight excluding hydrogens is 298 g/mol. The standard InChI is InChI=1S/C20H29N3O/c1-16-10-12-20(15-21,13-11-16)23(4)19(24)17(2)22(3)14-18-8-6-5-7-9-18/h5-9,16-17H,10-14H2,1-4H3. The molecule has 0 N–H and O–H groups in total. The molecule has 1 aliphatic carbocycles. The fourth-order valence-electron chi connectivity index (χ4n) is 3.45. The predicted octanol–water partition coefficient (Wildman–Crippen LogP) is 3.44. The van der Waals surface area contributed by atoms with Crippen LogP contribution >= 0.6 is 0 Å². The van der Waals surface area contributed by atoms with Gasteiger partial charge in [-0.05, 0) is 51.1 Å². The van der Waals surface area contributed by atoms with Crippen LogP contribution in [0.1, 0.15) is 45.1 Å². The summed E-state index contributed by atoms with van der Waals surface area (Å²) in [6.45, 7) is 4.87. The van der Waals surface area contributed by atoms with Crippen molar-refractivity contribution in [1.29, 1.82) is 5.26 Å². The van der Waals surface area contributed by atoms with E-state index in [2.05, 4.69) is 25.1 Å². The number of hydrogen-bond acceptors (Lipinski definition) is 3. The molecule has 0 radical (unpaired) electrons. The van der Waals surface area contributed by atoms with Crippen LogP contribution in [-0.4, -0.2) is 41.4 Å². The van der Waals surface area contributed by atoms with E-state index in [0.717, 1.165) is 32.2 Å². The zero-order valence-corrected chi connectivity index (χ0v) is 15.3. The van der Waals surface area contributed by atoms with E-state index in [-0.39, 0.29) is 11.9 Å². The van der Waals surface area contributed by atoms with Gasteiger partial charge < -0.3 is 4.90 Å². The fourth-order valence-corrected chi connectivity index (χ4v) is 3.45. The molecule has 0 spiro atoms. The van der Waals surface area contributed by atoms with Crippen LogP contribution in [-0.2, 0) is 11.3 Å². The average molecular weight is 327 g/mol. The predicted molar refractivity (Wildman–Crippen MR) is 96.1 cm³/mol. The third-order valence-electron chi connectivity index (χ3n) is 5.58. The highest BCUT2D eigenvalue weighted by Crippen LogP contribution is 2.35. The molecule has 0 aliphatic heterocycles. The van der Waals surface area contributed by atoms with Crippen molar-refractivity contribution in [3.8, 4) is 6.07 Å². The van der Waals surface area contributed by atoms with Crippen LogP contribution in [0.5, 0.6) is 0 Å². The lowest BCUT2D eigenvalue weighted by Crippen LogP contribution is -2.55. The molecule has 1 amide bonds. The fraction of sp³-hybridized carbons (Fsp3) is 0.600. The minimum atomic E-state index is -0.633. The summed E-state index contributed by atoms with van der Waals surface area (Å²) in [5.74, 6) is 0.678. The van der Waals surface area contributed by atoms with E-state index >= 15 is 0 Å². The highest BCUT2D eigenvalue weighted by molar-refractivity contribution is 5.82. The molecule has 1 unspecified atom stereocenters. The number of likely N-dealkylation sites (N-methyl/N-ethyl adjacent to an activating group) is 2. The van der Waals surface area contributed by atoms with Gasteiger partial charge in [0.25, 0.3) is 0 Å². The summed E-state index contributed by atoms with van der Waals surface area (Å²) in [6, 6.07) is 12.3. The number of nitrogens with zero attached hydrogens (tertiary/aromatic N) is 3. The van der Waals surface area contributed by atoms with Crippen LogP contribution in [0, 0.1) is 17.2 Å². The molecule has 130 valence electrons. The Bertz CT molecular complexity index is 585. The van der Waals surface area contributed by atoms with Crippen LogP contribution in [0.4, 0.5) is 0 Å². The number of hydrogen-bond donors (Lipinski definition) is 0. The van der Waals surface area contributed by atoms with E-state index in [1.807, 2.05) is 37.1 Å². The molecule has 1 fully saturated rings. The maximum absolute atomic E-state index is 13.0. The summed E-state index contributed by atoms with van der Waals surface area (Å²) in [5.41, 5.74) is 0.551. The van der Waals surface area contributed by atoms with Crippen molar-refractivity contribution in [2.45, 2.75) is 57.7 Å². The van der Waals surface area contributed by atoms with Crippen molar-refractivity contribution in [2.24, 2.45) is 5.92 Å². The van der Waals surface area contributed by atoms with Gasteiger partial charge in [0.05, 0.1) is 12.1 Å². The first-order chi connectivity index (χ1) is 11.4. The molecule has 0 saturated heterocycles. The van der Waals surface area contributed by atoms with Gasteiger partial charge in [-0.3, -0.25) is 9.69 Å². The van der Waals surface area contributed by atoms with Gasteiger partial charge in [0.1, 0.15) is 5.54 Å². The quantitative estimate of drug-likeness (QED) is 0.832. The van der Waals surface area contributed by atoms with Gasteiger partial charge in [0.2, 0.25) is 5.91 Å². The molecule has 1 atom stereocenters. The molecule has 0 aromatic heterocycles. The zero-order chi connectivity index (χ0) is 17.7. The SMILES string of the molecule is CC1CCC(C#N)(N(C)C(=O)C(C)N(C)Cc2ccccc2)CC1. The van der Waals surface area contributed by atoms with Crippen molar-refractivity contribution in [3.05, 3.63) is 35.9 Å². The Hall–Kier alpha value is -1.86. The van der Waals surface area contributed by atoms with Crippen molar-refractivity contribution in [2.75, 3.05) is 14.1 Å². The van der Waals surface area contributed by atoms with Gasteiger partial charge in [-0.25, -0.2) is 0 Å². The summed E-state index contributed by atoms with van der Waals surface area (Å²) in [7, 11) is 3.76. The Labute approximate surface area is 146 Å². The van der Waals surface area contributed by atoms with Crippen molar-refractivity contribution in [1.82, 2.24) is 9.80 Å². The van der Waals surface area contributed by atoms with Gasteiger partial charge >= 0.3 is 0 Å². The van der Waals surface area contributed by atoms with Gasteiger partial charge in [0, 0.05) is 13.6 Å². The second kappa shape index (κ2) is 7.81. The molecule has 1 aliphatic rings. The van der Waals surface area contributed by atoms with Crippen LogP contribution < -0.4 is 0 Å². The molecule has 0 heterocycles. The lowest BCUT2D eigenvalue weighted by atomic mass is 9.77. The van der Waals surface area contributed by atoms with Gasteiger partial charge in [-0.15, -0.1) is 0 Å². The number of nitriles is 1. The molecule has 1 aromatic rings. The molecule has 4 heteroatoms. The topological polar surface area (TPSA) is 47.3 Å². The van der Waals surface area contributed by atoms with Crippen LogP contribution in [0.3, 0.4) is 0 Å². The van der Waals surface area contributed by atoms with E-state index in [4.69, 9.17) is 0 Å². The number of amides is 1. The maximum atomic E-state index is 13.0. The van der Waals surface area contributed by atoms with Crippen LogP contribution in [0.15, 0.2) is 30.3 Å². The Balaban J connectivity index is 2.04. The molecule has 1 saturated carbocycles. The highest BCUT2D eigenvalue weighted by Gasteiger charge is 2.41. The average Bonchev–Trinajstić information content (AvgIpc) is 2.61. The second-order valence-corrected chi connectivity index (χ2v) is 7.30. The molecular formula is C20H29N3O. The highest BCUT2D eigenvalue weighted by atomic mass is 16.2. The van der Waals surface area contributed by atoms with Crippen LogP contribution in [0.25, 0.3) is 0 Å². The largest absolute Gasteiger partial charge is 0.326 e.